The highest BCUT2D eigenvalue weighted by Crippen LogP contribution is 2.11. The van der Waals surface area contributed by atoms with Crippen LogP contribution in [0.1, 0.15) is 32.1 Å². The number of carboxylic acids is 2. The molecule has 0 spiro atoms. The van der Waals surface area contributed by atoms with Crippen LogP contribution in [0.15, 0.2) is 30.3 Å². The second-order valence-corrected chi connectivity index (χ2v) is 5.38. The fraction of sp³-hybridized carbons (Fsp3) is 0.529. The van der Waals surface area contributed by atoms with Crippen molar-refractivity contribution < 1.29 is 24.5 Å². The van der Waals surface area contributed by atoms with Crippen LogP contribution in [0, 0.1) is 0 Å². The molecular weight excluding hydrogens is 298 g/mol. The van der Waals surface area contributed by atoms with Crippen molar-refractivity contribution in [3.8, 4) is 5.75 Å². The number of para-hydroxylation sites is 1. The van der Waals surface area contributed by atoms with E-state index in [4.69, 9.17) is 24.5 Å². The molecule has 2 N–H and O–H groups in total. The van der Waals surface area contributed by atoms with Gasteiger partial charge in [0, 0.05) is 0 Å². The largest absolute Gasteiger partial charge is 0.494 e. The highest BCUT2D eigenvalue weighted by atomic mass is 16.5. The third kappa shape index (κ3) is 9.52. The molecule has 6 nitrogen and oxygen atoms in total. The predicted molar refractivity (Wildman–Crippen MR) is 86.7 cm³/mol. The van der Waals surface area contributed by atoms with E-state index in [0.717, 1.165) is 12.4 Å². The van der Waals surface area contributed by atoms with Gasteiger partial charge in [-0.15, -0.1) is 0 Å². The second-order valence-electron chi connectivity index (χ2n) is 5.38. The summed E-state index contributed by atoms with van der Waals surface area (Å²) in [5, 5.41) is 14.8. The molecule has 0 amide bonds. The third-order valence-electron chi connectivity index (χ3n) is 3.51. The topological polar surface area (TPSA) is 87.1 Å². The molecule has 1 aromatic carbocycles. The van der Waals surface area contributed by atoms with E-state index >= 15 is 0 Å². The van der Waals surface area contributed by atoms with Crippen LogP contribution in [0.5, 0.6) is 5.75 Å². The molecule has 23 heavy (non-hydrogen) atoms. The van der Waals surface area contributed by atoms with Crippen LogP contribution in [0.4, 0.5) is 0 Å². The number of benzene rings is 1. The number of hydrogen-bond acceptors (Lipinski definition) is 4. The number of carboxylic acid groups (broad SMARTS) is 2. The van der Waals surface area contributed by atoms with E-state index in [1.165, 1.54) is 51.7 Å². The summed E-state index contributed by atoms with van der Waals surface area (Å²) in [5.74, 6) is -2.66. The van der Waals surface area contributed by atoms with Crippen molar-refractivity contribution in [1.82, 2.24) is 4.90 Å². The average molecular weight is 323 g/mol. The normalized spacial score (nSPS) is 13.9. The zero-order chi connectivity index (χ0) is 16.9. The number of unbranched alkanes of at least 4 members (excludes halogenated alkanes) is 2. The minimum atomic E-state index is -1.82. The zero-order valence-corrected chi connectivity index (χ0v) is 13.3. The van der Waals surface area contributed by atoms with Crippen LogP contribution >= 0.6 is 0 Å². The van der Waals surface area contributed by atoms with Crippen LogP contribution in [-0.2, 0) is 9.59 Å². The Morgan fingerprint density at radius 2 is 1.57 bits per heavy atom. The summed E-state index contributed by atoms with van der Waals surface area (Å²) in [7, 11) is 0. The molecule has 0 atom stereocenters. The van der Waals surface area contributed by atoms with Gasteiger partial charge in [0.05, 0.1) is 6.61 Å². The lowest BCUT2D eigenvalue weighted by Crippen LogP contribution is -2.20. The summed E-state index contributed by atoms with van der Waals surface area (Å²) in [6.07, 6.45) is 6.57. The average Bonchev–Trinajstić information content (AvgIpc) is 3.05. The van der Waals surface area contributed by atoms with Crippen LogP contribution in [0.3, 0.4) is 0 Å². The first-order valence-corrected chi connectivity index (χ1v) is 7.96. The predicted octanol–water partition coefficient (Wildman–Crippen LogP) is 2.49. The van der Waals surface area contributed by atoms with Crippen LogP contribution in [0.25, 0.3) is 0 Å². The maximum Gasteiger partial charge on any atom is 0.414 e. The summed E-state index contributed by atoms with van der Waals surface area (Å²) in [6, 6.07) is 10.1. The van der Waals surface area contributed by atoms with Crippen molar-refractivity contribution in [2.24, 2.45) is 0 Å². The van der Waals surface area contributed by atoms with E-state index in [0.29, 0.717) is 0 Å². The highest BCUT2D eigenvalue weighted by Gasteiger charge is 2.09. The molecule has 0 aromatic heterocycles. The van der Waals surface area contributed by atoms with E-state index < -0.39 is 11.9 Å². The van der Waals surface area contributed by atoms with Crippen molar-refractivity contribution in [3.05, 3.63) is 30.3 Å². The van der Waals surface area contributed by atoms with Crippen molar-refractivity contribution in [2.45, 2.75) is 32.1 Å². The molecule has 6 heteroatoms. The Balaban J connectivity index is 0.000000379. The number of ether oxygens (including phenoxy) is 1. The van der Waals surface area contributed by atoms with Gasteiger partial charge < -0.3 is 19.8 Å². The number of carbonyl (C=O) groups is 2. The molecule has 0 radical (unpaired) electrons. The Kier molecular flexibility index (Phi) is 9.47. The van der Waals surface area contributed by atoms with E-state index in [9.17, 15) is 0 Å². The summed E-state index contributed by atoms with van der Waals surface area (Å²) in [6.45, 7) is 4.77. The minimum absolute atomic E-state index is 0.851. The molecule has 1 aliphatic rings. The van der Waals surface area contributed by atoms with Gasteiger partial charge in [0.2, 0.25) is 0 Å². The number of hydrogen-bond donors (Lipinski definition) is 2. The Morgan fingerprint density at radius 3 is 2.13 bits per heavy atom. The molecule has 1 aromatic rings. The van der Waals surface area contributed by atoms with Gasteiger partial charge in [0.15, 0.2) is 0 Å². The molecular formula is C17H25NO5. The number of aliphatic carboxylic acids is 2. The van der Waals surface area contributed by atoms with Crippen LogP contribution in [0.2, 0.25) is 0 Å². The maximum absolute atomic E-state index is 9.10. The SMILES string of the molecule is O=C(O)C(=O)O.c1ccc(OCCCCCN2CCCC2)cc1. The number of likely N-dealkylation sites (tertiary alicyclic amines) is 1. The smallest absolute Gasteiger partial charge is 0.414 e. The first kappa shape index (κ1) is 19.0. The van der Waals surface area contributed by atoms with Crippen molar-refractivity contribution in [1.29, 1.82) is 0 Å². The van der Waals surface area contributed by atoms with Crippen LogP contribution in [-0.4, -0.2) is 53.3 Å². The maximum atomic E-state index is 9.10. The van der Waals surface area contributed by atoms with E-state index in [2.05, 4.69) is 4.90 Å². The standard InChI is InChI=1S/C15H23NO.C2H2O4/c1-3-9-15(10-4-1)17-14-8-2-5-11-16-12-6-7-13-16;3-1(4)2(5)6/h1,3-4,9-10H,2,5-8,11-14H2;(H,3,4)(H,5,6). The van der Waals surface area contributed by atoms with E-state index in [-0.39, 0.29) is 0 Å². The van der Waals surface area contributed by atoms with Gasteiger partial charge in [0.1, 0.15) is 5.75 Å². The van der Waals surface area contributed by atoms with Gasteiger partial charge in [-0.25, -0.2) is 9.59 Å². The molecule has 1 heterocycles. The third-order valence-corrected chi connectivity index (χ3v) is 3.51. The van der Waals surface area contributed by atoms with Crippen molar-refractivity contribution >= 4 is 11.9 Å². The summed E-state index contributed by atoms with van der Waals surface area (Å²) >= 11 is 0. The molecule has 0 unspecified atom stereocenters. The van der Waals surface area contributed by atoms with Gasteiger partial charge in [-0.3, -0.25) is 0 Å². The Morgan fingerprint density at radius 1 is 0.957 bits per heavy atom. The molecule has 128 valence electrons. The van der Waals surface area contributed by atoms with Crippen LogP contribution < -0.4 is 4.74 Å². The zero-order valence-electron chi connectivity index (χ0n) is 13.3. The number of rotatable bonds is 7. The van der Waals surface area contributed by atoms with Gasteiger partial charge >= 0.3 is 11.9 Å². The van der Waals surface area contributed by atoms with Crippen molar-refractivity contribution in [3.63, 3.8) is 0 Å². The van der Waals surface area contributed by atoms with E-state index in [1.807, 2.05) is 30.3 Å². The summed E-state index contributed by atoms with van der Waals surface area (Å²) in [4.78, 5) is 20.8. The molecule has 0 saturated carbocycles. The molecule has 0 bridgehead atoms. The lowest BCUT2D eigenvalue weighted by molar-refractivity contribution is -0.159. The second kappa shape index (κ2) is 11.5. The first-order chi connectivity index (χ1) is 11.1. The Labute approximate surface area is 136 Å². The molecule has 2 rings (SSSR count). The van der Waals surface area contributed by atoms with E-state index in [1.54, 1.807) is 0 Å². The quantitative estimate of drug-likeness (QED) is 0.592. The van der Waals surface area contributed by atoms with Gasteiger partial charge in [-0.1, -0.05) is 18.2 Å². The minimum Gasteiger partial charge on any atom is -0.494 e. The van der Waals surface area contributed by atoms with Gasteiger partial charge in [-0.05, 0) is 63.9 Å². The first-order valence-electron chi connectivity index (χ1n) is 7.96. The summed E-state index contributed by atoms with van der Waals surface area (Å²) < 4.78 is 5.66. The molecule has 1 saturated heterocycles. The molecule has 1 aliphatic heterocycles. The van der Waals surface area contributed by atoms with Gasteiger partial charge in [-0.2, -0.15) is 0 Å². The number of nitrogens with zero attached hydrogens (tertiary/aromatic N) is 1. The van der Waals surface area contributed by atoms with Gasteiger partial charge in [0.25, 0.3) is 0 Å². The summed E-state index contributed by atoms with van der Waals surface area (Å²) in [5.41, 5.74) is 0. The lowest BCUT2D eigenvalue weighted by Gasteiger charge is -2.13. The Bertz CT molecular complexity index is 445. The van der Waals surface area contributed by atoms with Crippen molar-refractivity contribution in [2.75, 3.05) is 26.2 Å². The molecule has 0 aliphatic carbocycles. The fourth-order valence-electron chi connectivity index (χ4n) is 2.33. The Hall–Kier alpha value is -2.08. The monoisotopic (exact) mass is 323 g/mol. The molecule has 1 fully saturated rings. The lowest BCUT2D eigenvalue weighted by atomic mass is 10.2. The highest BCUT2D eigenvalue weighted by molar-refractivity contribution is 6.27. The fourth-order valence-corrected chi connectivity index (χ4v) is 2.33.